The number of nitrogens with one attached hydrogen (secondary N) is 1. The van der Waals surface area contributed by atoms with Crippen LogP contribution in [0.1, 0.15) is 23.7 Å². The topological polar surface area (TPSA) is 97.8 Å². The van der Waals surface area contributed by atoms with Crippen molar-refractivity contribution in [3.8, 4) is 5.75 Å². The summed E-state index contributed by atoms with van der Waals surface area (Å²) in [6.07, 6.45) is 1.45. The second-order valence-electron chi connectivity index (χ2n) is 6.36. The molecule has 0 aliphatic carbocycles. The minimum Gasteiger partial charge on any atom is -0.495 e. The Labute approximate surface area is 172 Å². The molecule has 2 aromatic rings. The lowest BCUT2D eigenvalue weighted by molar-refractivity contribution is -0.122. The molecular formula is C20H20ClN3O5. The van der Waals surface area contributed by atoms with Crippen molar-refractivity contribution in [1.29, 1.82) is 0 Å². The van der Waals surface area contributed by atoms with Crippen LogP contribution in [0.15, 0.2) is 36.5 Å². The Hall–Kier alpha value is -3.13. The Morgan fingerprint density at radius 2 is 2.10 bits per heavy atom. The molecule has 1 unspecified atom stereocenters. The molecule has 1 aliphatic rings. The molecule has 1 fully saturated rings. The van der Waals surface area contributed by atoms with Crippen molar-refractivity contribution in [2.75, 3.05) is 30.5 Å². The van der Waals surface area contributed by atoms with Crippen molar-refractivity contribution in [1.82, 2.24) is 4.98 Å². The Bertz CT molecular complexity index is 949. The summed E-state index contributed by atoms with van der Waals surface area (Å²) >= 11 is 6.05. The van der Waals surface area contributed by atoms with E-state index in [0.29, 0.717) is 16.5 Å². The number of esters is 1. The molecular weight excluding hydrogens is 398 g/mol. The predicted octanol–water partition coefficient (Wildman–Crippen LogP) is 2.91. The summed E-state index contributed by atoms with van der Waals surface area (Å²) in [5.41, 5.74) is 0.799. The number of hydrogen-bond donors (Lipinski definition) is 1. The quantitative estimate of drug-likeness (QED) is 0.726. The van der Waals surface area contributed by atoms with Crippen molar-refractivity contribution in [3.63, 3.8) is 0 Å². The number of hydrogen-bond acceptors (Lipinski definition) is 6. The van der Waals surface area contributed by atoms with Crippen LogP contribution in [-0.2, 0) is 14.3 Å². The van der Waals surface area contributed by atoms with Crippen LogP contribution in [0.5, 0.6) is 5.75 Å². The van der Waals surface area contributed by atoms with Crippen molar-refractivity contribution in [3.05, 3.63) is 47.1 Å². The molecule has 2 heterocycles. The third-order valence-electron chi connectivity index (χ3n) is 4.45. The highest BCUT2D eigenvalue weighted by molar-refractivity contribution is 6.31. The zero-order valence-electron chi connectivity index (χ0n) is 16.0. The van der Waals surface area contributed by atoms with E-state index in [2.05, 4.69) is 10.3 Å². The summed E-state index contributed by atoms with van der Waals surface area (Å²) in [4.78, 5) is 42.5. The molecule has 1 aromatic heterocycles. The van der Waals surface area contributed by atoms with E-state index >= 15 is 0 Å². The highest BCUT2D eigenvalue weighted by Crippen LogP contribution is 2.35. The van der Waals surface area contributed by atoms with Gasteiger partial charge < -0.3 is 19.7 Å². The molecule has 29 heavy (non-hydrogen) atoms. The highest BCUT2D eigenvalue weighted by atomic mass is 35.5. The molecule has 0 saturated carbocycles. The third-order valence-corrected chi connectivity index (χ3v) is 4.68. The van der Waals surface area contributed by atoms with Gasteiger partial charge in [0.25, 0.3) is 0 Å². The molecule has 152 valence electrons. The fourth-order valence-electron chi connectivity index (χ4n) is 3.06. The van der Waals surface area contributed by atoms with Crippen LogP contribution in [0.25, 0.3) is 0 Å². The number of anilines is 2. The second-order valence-corrected chi connectivity index (χ2v) is 6.80. The first-order valence-corrected chi connectivity index (χ1v) is 9.38. The normalized spacial score (nSPS) is 15.9. The minimum absolute atomic E-state index is 0.0407. The van der Waals surface area contributed by atoms with E-state index in [4.69, 9.17) is 21.1 Å². The van der Waals surface area contributed by atoms with Crippen LogP contribution in [0.3, 0.4) is 0 Å². The lowest BCUT2D eigenvalue weighted by atomic mass is 10.1. The van der Waals surface area contributed by atoms with E-state index < -0.39 is 11.9 Å². The van der Waals surface area contributed by atoms with Crippen molar-refractivity contribution in [2.45, 2.75) is 13.3 Å². The Balaban J connectivity index is 1.72. The summed E-state index contributed by atoms with van der Waals surface area (Å²) in [5.74, 6) is -0.950. The number of amides is 2. The second kappa shape index (κ2) is 8.91. The number of halogens is 1. The molecule has 1 aliphatic heterocycles. The van der Waals surface area contributed by atoms with E-state index in [9.17, 15) is 14.4 Å². The standard InChI is InChI=1S/C20H20ClN3O5/c1-3-29-20(27)12-6-7-22-17(8-12)23-19(26)13-9-18(25)24(11-13)15-10-14(21)4-5-16(15)28-2/h4-8,10,13H,3,9,11H2,1-2H3,(H,22,23,26). The number of nitrogens with zero attached hydrogens (tertiary/aromatic N) is 2. The van der Waals surface area contributed by atoms with Gasteiger partial charge in [-0.25, -0.2) is 9.78 Å². The maximum atomic E-state index is 12.7. The number of methoxy groups -OCH3 is 1. The molecule has 3 rings (SSSR count). The summed E-state index contributed by atoms with van der Waals surface area (Å²) in [6.45, 7) is 2.13. The maximum absolute atomic E-state index is 12.7. The predicted molar refractivity (Wildman–Crippen MR) is 107 cm³/mol. The molecule has 2 amide bonds. The van der Waals surface area contributed by atoms with Gasteiger partial charge in [-0.3, -0.25) is 9.59 Å². The molecule has 1 atom stereocenters. The summed E-state index contributed by atoms with van der Waals surface area (Å²) in [7, 11) is 1.50. The first-order chi connectivity index (χ1) is 13.9. The number of carbonyl (C=O) groups is 3. The SMILES string of the molecule is CCOC(=O)c1ccnc(NC(=O)C2CC(=O)N(c3cc(Cl)ccc3OC)C2)c1. The van der Waals surface area contributed by atoms with Crippen LogP contribution in [-0.4, -0.2) is 43.0 Å². The number of aromatic nitrogens is 1. The molecule has 0 spiro atoms. The molecule has 9 heteroatoms. The fourth-order valence-corrected chi connectivity index (χ4v) is 3.23. The fraction of sp³-hybridized carbons (Fsp3) is 0.300. The van der Waals surface area contributed by atoms with Gasteiger partial charge in [-0.05, 0) is 37.3 Å². The average molecular weight is 418 g/mol. The molecule has 0 bridgehead atoms. The lowest BCUT2D eigenvalue weighted by Gasteiger charge is -2.19. The molecule has 1 N–H and O–H groups in total. The largest absolute Gasteiger partial charge is 0.495 e. The van der Waals surface area contributed by atoms with Crippen molar-refractivity contribution < 1.29 is 23.9 Å². The number of carbonyl (C=O) groups excluding carboxylic acids is 3. The van der Waals surface area contributed by atoms with Gasteiger partial charge in [0.15, 0.2) is 0 Å². The zero-order valence-corrected chi connectivity index (χ0v) is 16.7. The van der Waals surface area contributed by atoms with Gasteiger partial charge in [0, 0.05) is 24.2 Å². The van der Waals surface area contributed by atoms with Crippen molar-refractivity contribution >= 4 is 40.9 Å². The van der Waals surface area contributed by atoms with Crippen LogP contribution >= 0.6 is 11.6 Å². The van der Waals surface area contributed by atoms with Gasteiger partial charge in [-0.15, -0.1) is 0 Å². The highest BCUT2D eigenvalue weighted by Gasteiger charge is 2.36. The Morgan fingerprint density at radius 3 is 2.83 bits per heavy atom. The van der Waals surface area contributed by atoms with Crippen molar-refractivity contribution in [2.24, 2.45) is 5.92 Å². The number of ether oxygens (including phenoxy) is 2. The van der Waals surface area contributed by atoms with Gasteiger partial charge in [0.2, 0.25) is 11.8 Å². The average Bonchev–Trinajstić information content (AvgIpc) is 3.10. The lowest BCUT2D eigenvalue weighted by Crippen LogP contribution is -2.28. The molecule has 1 aromatic carbocycles. The van der Waals surface area contributed by atoms with Crippen LogP contribution in [0.2, 0.25) is 5.02 Å². The summed E-state index contributed by atoms with van der Waals surface area (Å²) in [6, 6.07) is 7.90. The van der Waals surface area contributed by atoms with Crippen LogP contribution < -0.4 is 15.0 Å². The Kier molecular flexibility index (Phi) is 6.33. The number of pyridine rings is 1. The first-order valence-electron chi connectivity index (χ1n) is 9.00. The van der Waals surface area contributed by atoms with Gasteiger partial charge in [-0.1, -0.05) is 11.6 Å². The van der Waals surface area contributed by atoms with Gasteiger partial charge in [-0.2, -0.15) is 0 Å². The molecule has 0 radical (unpaired) electrons. The van der Waals surface area contributed by atoms with Gasteiger partial charge >= 0.3 is 5.97 Å². The first kappa shape index (κ1) is 20.6. The zero-order chi connectivity index (χ0) is 21.0. The van der Waals surface area contributed by atoms with Gasteiger partial charge in [0.1, 0.15) is 11.6 Å². The van der Waals surface area contributed by atoms with E-state index in [1.807, 2.05) is 0 Å². The third kappa shape index (κ3) is 4.65. The minimum atomic E-state index is -0.584. The van der Waals surface area contributed by atoms with Gasteiger partial charge in [0.05, 0.1) is 30.9 Å². The molecule has 1 saturated heterocycles. The summed E-state index contributed by atoms with van der Waals surface area (Å²) < 4.78 is 10.2. The maximum Gasteiger partial charge on any atom is 0.338 e. The van der Waals surface area contributed by atoms with Crippen LogP contribution in [0.4, 0.5) is 11.5 Å². The van der Waals surface area contributed by atoms with E-state index in [1.165, 1.54) is 30.3 Å². The van der Waals surface area contributed by atoms with E-state index in [1.54, 1.807) is 25.1 Å². The van der Waals surface area contributed by atoms with E-state index in [-0.39, 0.29) is 42.8 Å². The monoisotopic (exact) mass is 417 g/mol. The Morgan fingerprint density at radius 1 is 1.31 bits per heavy atom. The summed E-state index contributed by atoms with van der Waals surface area (Å²) in [5, 5.41) is 3.12. The number of rotatable bonds is 6. The van der Waals surface area contributed by atoms with Crippen LogP contribution in [0, 0.1) is 5.92 Å². The number of benzene rings is 1. The van der Waals surface area contributed by atoms with E-state index in [0.717, 1.165) is 0 Å². The molecule has 8 nitrogen and oxygen atoms in total. The smallest absolute Gasteiger partial charge is 0.338 e.